The normalized spacial score (nSPS) is 21.6. The third-order valence-corrected chi connectivity index (χ3v) is 3.39. The van der Waals surface area contributed by atoms with Crippen molar-refractivity contribution in [1.82, 2.24) is 5.32 Å². The van der Waals surface area contributed by atoms with Crippen LogP contribution in [0.5, 0.6) is 0 Å². The first-order valence-corrected chi connectivity index (χ1v) is 6.55. The van der Waals surface area contributed by atoms with Crippen LogP contribution in [0.4, 0.5) is 0 Å². The van der Waals surface area contributed by atoms with Crippen LogP contribution >= 0.6 is 0 Å². The van der Waals surface area contributed by atoms with Gasteiger partial charge in [-0.25, -0.2) is 0 Å². The number of rotatable bonds is 5. The molecular weight excluding hydrogens is 186 g/mol. The maximum Gasteiger partial charge on any atom is 0.0771 e. The predicted octanol–water partition coefficient (Wildman–Crippen LogP) is 2.71. The van der Waals surface area contributed by atoms with Crippen molar-refractivity contribution in [3.63, 3.8) is 0 Å². The number of nitrogens with one attached hydrogen (secondary N) is 1. The van der Waals surface area contributed by atoms with Crippen molar-refractivity contribution in [2.45, 2.75) is 64.4 Å². The molecule has 0 aliphatic heterocycles. The molecule has 2 N–H and O–H groups in total. The molecular formula is C13H27NO. The summed E-state index contributed by atoms with van der Waals surface area (Å²) in [5, 5.41) is 13.8. The van der Waals surface area contributed by atoms with Crippen LogP contribution in [0.3, 0.4) is 0 Å². The molecule has 1 aliphatic carbocycles. The smallest absolute Gasteiger partial charge is 0.0771 e. The molecule has 0 amide bonds. The van der Waals surface area contributed by atoms with Crippen molar-refractivity contribution >= 4 is 0 Å². The van der Waals surface area contributed by atoms with E-state index in [-0.39, 0.29) is 0 Å². The van der Waals surface area contributed by atoms with E-state index >= 15 is 0 Å². The Hall–Kier alpha value is -0.0800. The van der Waals surface area contributed by atoms with Crippen molar-refractivity contribution in [3.05, 3.63) is 0 Å². The lowest BCUT2D eigenvalue weighted by atomic mass is 9.94. The Labute approximate surface area is 94.5 Å². The zero-order valence-electron chi connectivity index (χ0n) is 10.4. The van der Waals surface area contributed by atoms with E-state index in [1.165, 1.54) is 32.1 Å². The SMILES string of the molecule is CC(C)CCNCC1(O)CCCCCC1. The standard InChI is InChI=1S/C13H27NO/c1-12(2)7-10-14-11-13(15)8-5-3-4-6-9-13/h12,14-15H,3-11H2,1-2H3. The lowest BCUT2D eigenvalue weighted by molar-refractivity contribution is 0.0253. The Balaban J connectivity index is 2.16. The van der Waals surface area contributed by atoms with E-state index < -0.39 is 5.60 Å². The van der Waals surface area contributed by atoms with Crippen LogP contribution < -0.4 is 5.32 Å². The van der Waals surface area contributed by atoms with Gasteiger partial charge in [-0.3, -0.25) is 0 Å². The summed E-state index contributed by atoms with van der Waals surface area (Å²) in [6.07, 6.45) is 8.17. The number of hydrogen-bond donors (Lipinski definition) is 2. The third-order valence-electron chi connectivity index (χ3n) is 3.39. The lowest BCUT2D eigenvalue weighted by Crippen LogP contribution is -2.40. The van der Waals surface area contributed by atoms with E-state index in [0.29, 0.717) is 0 Å². The fraction of sp³-hybridized carbons (Fsp3) is 1.00. The Bertz CT molecular complexity index is 160. The second-order valence-electron chi connectivity index (χ2n) is 5.50. The highest BCUT2D eigenvalue weighted by Crippen LogP contribution is 2.26. The van der Waals surface area contributed by atoms with Crippen molar-refractivity contribution in [2.24, 2.45) is 5.92 Å². The van der Waals surface area contributed by atoms with Gasteiger partial charge < -0.3 is 10.4 Å². The molecule has 1 rings (SSSR count). The molecule has 2 heteroatoms. The van der Waals surface area contributed by atoms with Gasteiger partial charge in [0.1, 0.15) is 0 Å². The molecule has 90 valence electrons. The zero-order valence-corrected chi connectivity index (χ0v) is 10.4. The molecule has 0 bridgehead atoms. The van der Waals surface area contributed by atoms with Gasteiger partial charge in [-0.2, -0.15) is 0 Å². The molecule has 1 fully saturated rings. The van der Waals surface area contributed by atoms with Gasteiger partial charge in [0.2, 0.25) is 0 Å². The van der Waals surface area contributed by atoms with Crippen LogP contribution in [0.25, 0.3) is 0 Å². The molecule has 0 saturated heterocycles. The molecule has 1 saturated carbocycles. The highest BCUT2D eigenvalue weighted by atomic mass is 16.3. The Kier molecular flexibility index (Phi) is 5.62. The van der Waals surface area contributed by atoms with Crippen LogP contribution in [-0.2, 0) is 0 Å². The minimum Gasteiger partial charge on any atom is -0.389 e. The van der Waals surface area contributed by atoms with Crippen LogP contribution in [0.15, 0.2) is 0 Å². The highest BCUT2D eigenvalue weighted by molar-refractivity contribution is 4.83. The Morgan fingerprint density at radius 2 is 1.73 bits per heavy atom. The van der Waals surface area contributed by atoms with Gasteiger partial charge in [-0.15, -0.1) is 0 Å². The average Bonchev–Trinajstić information content (AvgIpc) is 2.38. The summed E-state index contributed by atoms with van der Waals surface area (Å²) in [5.74, 6) is 0.751. The quantitative estimate of drug-likeness (QED) is 0.543. The molecule has 15 heavy (non-hydrogen) atoms. The van der Waals surface area contributed by atoms with Crippen LogP contribution in [0, 0.1) is 5.92 Å². The fourth-order valence-electron chi connectivity index (χ4n) is 2.28. The zero-order chi connectivity index (χ0) is 11.1. The Morgan fingerprint density at radius 1 is 1.13 bits per heavy atom. The van der Waals surface area contributed by atoms with E-state index in [0.717, 1.165) is 31.8 Å². The van der Waals surface area contributed by atoms with Crippen LogP contribution in [0.1, 0.15) is 58.8 Å². The minimum atomic E-state index is -0.409. The van der Waals surface area contributed by atoms with E-state index in [1.807, 2.05) is 0 Å². The van der Waals surface area contributed by atoms with Gasteiger partial charge in [-0.05, 0) is 31.7 Å². The number of aliphatic hydroxyl groups is 1. The average molecular weight is 213 g/mol. The van der Waals surface area contributed by atoms with Gasteiger partial charge in [0, 0.05) is 6.54 Å². The van der Waals surface area contributed by atoms with Gasteiger partial charge >= 0.3 is 0 Å². The van der Waals surface area contributed by atoms with Gasteiger partial charge in [0.25, 0.3) is 0 Å². The largest absolute Gasteiger partial charge is 0.389 e. The van der Waals surface area contributed by atoms with E-state index in [1.54, 1.807) is 0 Å². The number of hydrogen-bond acceptors (Lipinski definition) is 2. The summed E-state index contributed by atoms with van der Waals surface area (Å²) in [4.78, 5) is 0. The first kappa shape index (κ1) is 13.0. The van der Waals surface area contributed by atoms with E-state index in [9.17, 15) is 5.11 Å². The first-order valence-electron chi connectivity index (χ1n) is 6.55. The van der Waals surface area contributed by atoms with Gasteiger partial charge in [-0.1, -0.05) is 39.5 Å². The fourth-order valence-corrected chi connectivity index (χ4v) is 2.28. The molecule has 0 unspecified atom stereocenters. The van der Waals surface area contributed by atoms with E-state index in [4.69, 9.17) is 0 Å². The predicted molar refractivity (Wildman–Crippen MR) is 65.0 cm³/mol. The lowest BCUT2D eigenvalue weighted by Gasteiger charge is -2.27. The molecule has 0 radical (unpaired) electrons. The molecule has 0 aromatic heterocycles. The second-order valence-corrected chi connectivity index (χ2v) is 5.50. The van der Waals surface area contributed by atoms with Crippen molar-refractivity contribution < 1.29 is 5.11 Å². The molecule has 2 nitrogen and oxygen atoms in total. The maximum atomic E-state index is 10.4. The Morgan fingerprint density at radius 3 is 2.27 bits per heavy atom. The van der Waals surface area contributed by atoms with Crippen LogP contribution in [-0.4, -0.2) is 23.8 Å². The molecule has 0 aromatic carbocycles. The van der Waals surface area contributed by atoms with Crippen molar-refractivity contribution in [3.8, 4) is 0 Å². The molecule has 0 heterocycles. The van der Waals surface area contributed by atoms with Crippen molar-refractivity contribution in [2.75, 3.05) is 13.1 Å². The summed E-state index contributed by atoms with van der Waals surface area (Å²) >= 11 is 0. The topological polar surface area (TPSA) is 32.3 Å². The monoisotopic (exact) mass is 213 g/mol. The van der Waals surface area contributed by atoms with Crippen molar-refractivity contribution in [1.29, 1.82) is 0 Å². The molecule has 0 spiro atoms. The summed E-state index contributed by atoms with van der Waals surface area (Å²) in [7, 11) is 0. The van der Waals surface area contributed by atoms with Crippen LogP contribution in [0.2, 0.25) is 0 Å². The third kappa shape index (κ3) is 5.53. The molecule has 0 atom stereocenters. The summed E-state index contributed by atoms with van der Waals surface area (Å²) in [6.45, 7) is 6.31. The first-order chi connectivity index (χ1) is 7.12. The summed E-state index contributed by atoms with van der Waals surface area (Å²) < 4.78 is 0. The maximum absolute atomic E-state index is 10.4. The summed E-state index contributed by atoms with van der Waals surface area (Å²) in [5.41, 5.74) is -0.409. The van der Waals surface area contributed by atoms with E-state index in [2.05, 4.69) is 19.2 Å². The molecule has 0 aromatic rings. The summed E-state index contributed by atoms with van der Waals surface area (Å²) in [6, 6.07) is 0. The molecule has 1 aliphatic rings. The minimum absolute atomic E-state index is 0.409. The highest BCUT2D eigenvalue weighted by Gasteiger charge is 2.26. The second kappa shape index (κ2) is 6.49. The van der Waals surface area contributed by atoms with Gasteiger partial charge in [0.15, 0.2) is 0 Å². The van der Waals surface area contributed by atoms with Gasteiger partial charge in [0.05, 0.1) is 5.60 Å².